The van der Waals surface area contributed by atoms with Crippen LogP contribution in [0.1, 0.15) is 18.7 Å². The van der Waals surface area contributed by atoms with Gasteiger partial charge in [-0.3, -0.25) is 10.1 Å². The van der Waals surface area contributed by atoms with E-state index in [0.29, 0.717) is 6.54 Å². The SMILES string of the molecule is CC(C)(CNc1nc(N)ncc1[N+](=O)[O-])c1cccs1. The summed E-state index contributed by atoms with van der Waals surface area (Å²) in [4.78, 5) is 19.1. The van der Waals surface area contributed by atoms with Crippen molar-refractivity contribution in [3.05, 3.63) is 38.7 Å². The number of anilines is 2. The highest BCUT2D eigenvalue weighted by Gasteiger charge is 2.24. The van der Waals surface area contributed by atoms with E-state index in [2.05, 4.69) is 29.1 Å². The molecular weight excluding hydrogens is 278 g/mol. The molecule has 0 radical (unpaired) electrons. The average molecular weight is 293 g/mol. The Kier molecular flexibility index (Phi) is 3.84. The Bertz CT molecular complexity index is 612. The number of rotatable bonds is 5. The van der Waals surface area contributed by atoms with Crippen LogP contribution in [-0.4, -0.2) is 21.4 Å². The first-order valence-corrected chi connectivity index (χ1v) is 6.83. The summed E-state index contributed by atoms with van der Waals surface area (Å²) in [6.07, 6.45) is 1.11. The minimum Gasteiger partial charge on any atom is -0.368 e. The van der Waals surface area contributed by atoms with Crippen LogP contribution in [-0.2, 0) is 5.41 Å². The molecule has 0 aromatic carbocycles. The van der Waals surface area contributed by atoms with E-state index in [-0.39, 0.29) is 22.9 Å². The highest BCUT2D eigenvalue weighted by molar-refractivity contribution is 7.10. The molecule has 106 valence electrons. The molecule has 0 saturated carbocycles. The number of aromatic nitrogens is 2. The van der Waals surface area contributed by atoms with Crippen LogP contribution in [0.4, 0.5) is 17.5 Å². The summed E-state index contributed by atoms with van der Waals surface area (Å²) in [5.74, 6) is 0.152. The van der Waals surface area contributed by atoms with Crippen molar-refractivity contribution in [3.63, 3.8) is 0 Å². The Labute approximate surface area is 120 Å². The highest BCUT2D eigenvalue weighted by Crippen LogP contribution is 2.29. The van der Waals surface area contributed by atoms with Crippen molar-refractivity contribution < 1.29 is 4.92 Å². The first-order valence-electron chi connectivity index (χ1n) is 5.95. The minimum atomic E-state index is -0.528. The smallest absolute Gasteiger partial charge is 0.329 e. The first-order chi connectivity index (χ1) is 9.40. The average Bonchev–Trinajstić information content (AvgIpc) is 2.90. The Morgan fingerprint density at radius 3 is 2.90 bits per heavy atom. The monoisotopic (exact) mass is 293 g/mol. The summed E-state index contributed by atoms with van der Waals surface area (Å²) in [7, 11) is 0. The predicted molar refractivity (Wildman–Crippen MR) is 78.9 cm³/mol. The van der Waals surface area contributed by atoms with Crippen LogP contribution < -0.4 is 11.1 Å². The molecule has 0 unspecified atom stereocenters. The predicted octanol–water partition coefficient (Wildman–Crippen LogP) is 2.42. The summed E-state index contributed by atoms with van der Waals surface area (Å²) in [5, 5.41) is 15.9. The Hall–Kier alpha value is -2.22. The van der Waals surface area contributed by atoms with E-state index in [9.17, 15) is 10.1 Å². The standard InChI is InChI=1S/C12H15N5O2S/c1-12(2,9-4-3-5-20-9)7-15-10-8(17(18)19)6-14-11(13)16-10/h3-6H,7H2,1-2H3,(H3,13,14,15,16). The number of hydrogen-bond donors (Lipinski definition) is 2. The third-order valence-electron chi connectivity index (χ3n) is 2.87. The van der Waals surface area contributed by atoms with Gasteiger partial charge in [0.2, 0.25) is 11.8 Å². The van der Waals surface area contributed by atoms with Gasteiger partial charge >= 0.3 is 5.69 Å². The summed E-state index contributed by atoms with van der Waals surface area (Å²) in [6, 6.07) is 4.02. The lowest BCUT2D eigenvalue weighted by molar-refractivity contribution is -0.384. The number of nitrogens with one attached hydrogen (secondary N) is 1. The number of nitrogens with zero attached hydrogens (tertiary/aromatic N) is 3. The molecule has 0 amide bonds. The molecule has 0 aliphatic heterocycles. The van der Waals surface area contributed by atoms with Gasteiger partial charge in [-0.1, -0.05) is 19.9 Å². The third-order valence-corrected chi connectivity index (χ3v) is 4.11. The van der Waals surface area contributed by atoms with Crippen molar-refractivity contribution in [2.45, 2.75) is 19.3 Å². The maximum absolute atomic E-state index is 10.9. The molecule has 0 fully saturated rings. The number of thiophene rings is 1. The van der Waals surface area contributed by atoms with Gasteiger partial charge in [0.05, 0.1) is 4.92 Å². The normalized spacial score (nSPS) is 11.3. The molecule has 8 heteroatoms. The number of nitro groups is 1. The molecule has 2 heterocycles. The second-order valence-corrected chi connectivity index (χ2v) is 5.88. The zero-order valence-electron chi connectivity index (χ0n) is 11.2. The van der Waals surface area contributed by atoms with Crippen LogP contribution in [0.3, 0.4) is 0 Å². The van der Waals surface area contributed by atoms with Crippen LogP contribution in [0, 0.1) is 10.1 Å². The molecule has 7 nitrogen and oxygen atoms in total. The van der Waals surface area contributed by atoms with E-state index in [1.54, 1.807) is 11.3 Å². The minimum absolute atomic E-state index is 0.00651. The molecule has 0 atom stereocenters. The van der Waals surface area contributed by atoms with Gasteiger partial charge in [0.1, 0.15) is 6.20 Å². The Morgan fingerprint density at radius 1 is 1.55 bits per heavy atom. The van der Waals surface area contributed by atoms with Gasteiger partial charge in [-0.25, -0.2) is 4.98 Å². The fraction of sp³-hybridized carbons (Fsp3) is 0.333. The largest absolute Gasteiger partial charge is 0.368 e. The van der Waals surface area contributed by atoms with E-state index < -0.39 is 4.92 Å². The van der Waals surface area contributed by atoms with Crippen molar-refractivity contribution >= 4 is 28.8 Å². The lowest BCUT2D eigenvalue weighted by Gasteiger charge is -2.23. The molecule has 20 heavy (non-hydrogen) atoms. The van der Waals surface area contributed by atoms with Gasteiger partial charge in [0.15, 0.2) is 0 Å². The molecule has 0 spiro atoms. The summed E-state index contributed by atoms with van der Waals surface area (Å²) >= 11 is 1.65. The summed E-state index contributed by atoms with van der Waals surface area (Å²) in [5.41, 5.74) is 5.13. The molecule has 0 aliphatic rings. The second kappa shape index (κ2) is 5.41. The van der Waals surface area contributed by atoms with Crippen LogP contribution in [0.5, 0.6) is 0 Å². The first kappa shape index (κ1) is 14.2. The number of nitrogens with two attached hydrogens (primary N) is 1. The Morgan fingerprint density at radius 2 is 2.30 bits per heavy atom. The zero-order chi connectivity index (χ0) is 14.8. The van der Waals surface area contributed by atoms with Gasteiger partial charge < -0.3 is 11.1 Å². The van der Waals surface area contributed by atoms with Crippen LogP contribution in [0.15, 0.2) is 23.7 Å². The van der Waals surface area contributed by atoms with Crippen molar-refractivity contribution in [3.8, 4) is 0 Å². The molecule has 0 saturated heterocycles. The van der Waals surface area contributed by atoms with Crippen molar-refractivity contribution in [1.29, 1.82) is 0 Å². The fourth-order valence-electron chi connectivity index (χ4n) is 1.71. The molecule has 3 N–H and O–H groups in total. The highest BCUT2D eigenvalue weighted by atomic mass is 32.1. The number of nitrogen functional groups attached to an aromatic ring is 1. The molecule has 2 rings (SSSR count). The molecule has 2 aromatic rings. The van der Waals surface area contributed by atoms with Crippen LogP contribution in [0.2, 0.25) is 0 Å². The second-order valence-electron chi connectivity index (χ2n) is 4.93. The Balaban J connectivity index is 2.19. The molecule has 0 aliphatic carbocycles. The van der Waals surface area contributed by atoms with E-state index in [0.717, 1.165) is 6.20 Å². The molecular formula is C12H15N5O2S. The van der Waals surface area contributed by atoms with Crippen LogP contribution in [0.25, 0.3) is 0 Å². The van der Waals surface area contributed by atoms with Gasteiger partial charge in [-0.2, -0.15) is 4.98 Å². The van der Waals surface area contributed by atoms with E-state index in [1.165, 1.54) is 4.88 Å². The van der Waals surface area contributed by atoms with E-state index in [4.69, 9.17) is 5.73 Å². The van der Waals surface area contributed by atoms with Gasteiger partial charge in [0, 0.05) is 16.8 Å². The van der Waals surface area contributed by atoms with Gasteiger partial charge in [-0.05, 0) is 11.4 Å². The van der Waals surface area contributed by atoms with Crippen molar-refractivity contribution in [2.24, 2.45) is 0 Å². The van der Waals surface area contributed by atoms with E-state index >= 15 is 0 Å². The lowest BCUT2D eigenvalue weighted by atomic mass is 9.91. The lowest BCUT2D eigenvalue weighted by Crippen LogP contribution is -2.27. The topological polar surface area (TPSA) is 107 Å². The third kappa shape index (κ3) is 3.02. The maximum atomic E-state index is 10.9. The zero-order valence-corrected chi connectivity index (χ0v) is 12.0. The quantitative estimate of drug-likeness (QED) is 0.647. The van der Waals surface area contributed by atoms with Crippen molar-refractivity contribution in [2.75, 3.05) is 17.6 Å². The molecule has 2 aromatic heterocycles. The summed E-state index contributed by atoms with van der Waals surface area (Å²) in [6.45, 7) is 4.62. The van der Waals surface area contributed by atoms with Crippen molar-refractivity contribution in [1.82, 2.24) is 9.97 Å². The van der Waals surface area contributed by atoms with E-state index in [1.807, 2.05) is 17.5 Å². The number of hydrogen-bond acceptors (Lipinski definition) is 7. The molecule has 0 bridgehead atoms. The fourth-order valence-corrected chi connectivity index (χ4v) is 2.56. The maximum Gasteiger partial charge on any atom is 0.329 e. The van der Waals surface area contributed by atoms with Gasteiger partial charge in [0.25, 0.3) is 0 Å². The van der Waals surface area contributed by atoms with Crippen LogP contribution >= 0.6 is 11.3 Å². The van der Waals surface area contributed by atoms with Gasteiger partial charge in [-0.15, -0.1) is 11.3 Å². The summed E-state index contributed by atoms with van der Waals surface area (Å²) < 4.78 is 0.